The molecule has 0 N–H and O–H groups in total. The summed E-state index contributed by atoms with van der Waals surface area (Å²) in [5, 5.41) is 0. The predicted molar refractivity (Wildman–Crippen MR) is 49.8 cm³/mol. The zero-order valence-electron chi connectivity index (χ0n) is 8.39. The van der Waals surface area contributed by atoms with Crippen LogP contribution in [0.1, 0.15) is 26.7 Å². The number of fused-ring (bicyclic) bond motifs is 1. The van der Waals surface area contributed by atoms with Crippen molar-refractivity contribution in [3.63, 3.8) is 0 Å². The standard InChI is InChI=1S/C11H14F2O/c1-7-3-4-9-6-8(2)11(12,13)14-10(9)5-7/h4-5,7-8H,3,6H2,1-2H3. The minimum Gasteiger partial charge on any atom is -0.432 e. The Morgan fingerprint density at radius 3 is 2.86 bits per heavy atom. The van der Waals surface area contributed by atoms with E-state index in [1.807, 2.05) is 13.0 Å². The first kappa shape index (κ1) is 9.69. The van der Waals surface area contributed by atoms with Gasteiger partial charge in [-0.3, -0.25) is 0 Å². The zero-order chi connectivity index (χ0) is 10.3. The summed E-state index contributed by atoms with van der Waals surface area (Å²) >= 11 is 0. The fourth-order valence-electron chi connectivity index (χ4n) is 1.84. The van der Waals surface area contributed by atoms with E-state index in [1.165, 1.54) is 6.92 Å². The monoisotopic (exact) mass is 200 g/mol. The average Bonchev–Trinajstić information content (AvgIpc) is 2.07. The molecule has 1 nitrogen and oxygen atoms in total. The van der Waals surface area contributed by atoms with Crippen LogP contribution in [-0.4, -0.2) is 6.11 Å². The van der Waals surface area contributed by atoms with Gasteiger partial charge in [-0.1, -0.05) is 19.9 Å². The van der Waals surface area contributed by atoms with Crippen LogP contribution in [0, 0.1) is 11.8 Å². The maximum Gasteiger partial charge on any atom is 0.400 e. The number of hydrogen-bond acceptors (Lipinski definition) is 1. The Balaban J connectivity index is 2.25. The van der Waals surface area contributed by atoms with Crippen LogP contribution in [0.15, 0.2) is 23.5 Å². The third-order valence-corrected chi connectivity index (χ3v) is 2.83. The number of ether oxygens (including phenoxy) is 1. The molecule has 2 unspecified atom stereocenters. The fraction of sp³-hybridized carbons (Fsp3) is 0.636. The van der Waals surface area contributed by atoms with E-state index in [2.05, 4.69) is 0 Å². The van der Waals surface area contributed by atoms with Crippen molar-refractivity contribution in [2.45, 2.75) is 32.8 Å². The summed E-state index contributed by atoms with van der Waals surface area (Å²) in [6, 6.07) is 0. The molecular weight excluding hydrogens is 186 g/mol. The van der Waals surface area contributed by atoms with E-state index in [-0.39, 0.29) is 0 Å². The van der Waals surface area contributed by atoms with Crippen LogP contribution in [0.5, 0.6) is 0 Å². The molecule has 1 aliphatic carbocycles. The Morgan fingerprint density at radius 1 is 1.43 bits per heavy atom. The second kappa shape index (κ2) is 3.07. The van der Waals surface area contributed by atoms with Crippen molar-refractivity contribution in [2.24, 2.45) is 11.8 Å². The highest BCUT2D eigenvalue weighted by atomic mass is 19.3. The van der Waals surface area contributed by atoms with E-state index in [4.69, 9.17) is 4.74 Å². The normalized spacial score (nSPS) is 35.1. The van der Waals surface area contributed by atoms with Crippen LogP contribution in [0.2, 0.25) is 0 Å². The van der Waals surface area contributed by atoms with Crippen LogP contribution < -0.4 is 0 Å². The second-order valence-electron chi connectivity index (χ2n) is 4.24. The molecule has 1 fully saturated rings. The average molecular weight is 200 g/mol. The van der Waals surface area contributed by atoms with E-state index in [0.29, 0.717) is 18.1 Å². The van der Waals surface area contributed by atoms with Crippen molar-refractivity contribution in [1.82, 2.24) is 0 Å². The molecule has 1 saturated heterocycles. The first-order chi connectivity index (χ1) is 6.49. The van der Waals surface area contributed by atoms with Gasteiger partial charge in [0.1, 0.15) is 5.76 Å². The molecule has 14 heavy (non-hydrogen) atoms. The molecule has 0 bridgehead atoms. The number of allylic oxidation sites excluding steroid dienone is 3. The molecule has 0 aromatic carbocycles. The van der Waals surface area contributed by atoms with Crippen molar-refractivity contribution < 1.29 is 13.5 Å². The predicted octanol–water partition coefficient (Wildman–Crippen LogP) is 3.49. The molecule has 2 rings (SSSR count). The smallest absolute Gasteiger partial charge is 0.400 e. The summed E-state index contributed by atoms with van der Waals surface area (Å²) in [4.78, 5) is 0. The molecule has 3 heteroatoms. The van der Waals surface area contributed by atoms with Crippen molar-refractivity contribution in [1.29, 1.82) is 0 Å². The first-order valence-electron chi connectivity index (χ1n) is 4.97. The molecule has 2 atom stereocenters. The van der Waals surface area contributed by atoms with Gasteiger partial charge in [0.2, 0.25) is 0 Å². The number of halogens is 2. The minimum absolute atomic E-state index is 0.304. The van der Waals surface area contributed by atoms with Crippen LogP contribution in [0.3, 0.4) is 0 Å². The summed E-state index contributed by atoms with van der Waals surface area (Å²) in [5.41, 5.74) is 0.946. The van der Waals surface area contributed by atoms with Crippen LogP contribution in [0.4, 0.5) is 8.78 Å². The second-order valence-corrected chi connectivity index (χ2v) is 4.24. The molecule has 0 amide bonds. The Morgan fingerprint density at radius 2 is 2.14 bits per heavy atom. The van der Waals surface area contributed by atoms with Gasteiger partial charge >= 0.3 is 6.11 Å². The van der Waals surface area contributed by atoms with Gasteiger partial charge in [-0.2, -0.15) is 8.78 Å². The summed E-state index contributed by atoms with van der Waals surface area (Å²) in [6.45, 7) is 3.52. The number of hydrogen-bond donors (Lipinski definition) is 0. The Labute approximate surface area is 82.4 Å². The number of alkyl halides is 2. The van der Waals surface area contributed by atoms with Gasteiger partial charge < -0.3 is 4.74 Å². The first-order valence-corrected chi connectivity index (χ1v) is 4.97. The van der Waals surface area contributed by atoms with Crippen molar-refractivity contribution in [3.8, 4) is 0 Å². The highest BCUT2D eigenvalue weighted by molar-refractivity contribution is 5.32. The summed E-state index contributed by atoms with van der Waals surface area (Å²) in [7, 11) is 0. The van der Waals surface area contributed by atoms with E-state index < -0.39 is 12.0 Å². The van der Waals surface area contributed by atoms with Crippen LogP contribution in [0.25, 0.3) is 0 Å². The van der Waals surface area contributed by atoms with Crippen molar-refractivity contribution in [3.05, 3.63) is 23.5 Å². The maximum absolute atomic E-state index is 13.2. The zero-order valence-corrected chi connectivity index (χ0v) is 8.39. The molecule has 0 radical (unpaired) electrons. The molecule has 0 aromatic heterocycles. The van der Waals surface area contributed by atoms with Gasteiger partial charge in [0.15, 0.2) is 0 Å². The molecule has 0 spiro atoms. The SMILES string of the molecule is CC1C=C2OC(F)(F)C(C)CC2=CC1. The molecular formula is C11H14F2O. The van der Waals surface area contributed by atoms with Gasteiger partial charge in [0.05, 0.1) is 5.92 Å². The minimum atomic E-state index is -3.00. The lowest BCUT2D eigenvalue weighted by atomic mass is 9.88. The van der Waals surface area contributed by atoms with E-state index in [1.54, 1.807) is 6.08 Å². The van der Waals surface area contributed by atoms with Gasteiger partial charge in [-0.05, 0) is 30.4 Å². The Kier molecular flexibility index (Phi) is 2.13. The Bertz CT molecular complexity index is 304. The van der Waals surface area contributed by atoms with Crippen LogP contribution in [-0.2, 0) is 4.74 Å². The molecule has 78 valence electrons. The van der Waals surface area contributed by atoms with Crippen LogP contribution >= 0.6 is 0 Å². The highest BCUT2D eigenvalue weighted by Gasteiger charge is 2.45. The third-order valence-electron chi connectivity index (χ3n) is 2.83. The van der Waals surface area contributed by atoms with E-state index >= 15 is 0 Å². The summed E-state index contributed by atoms with van der Waals surface area (Å²) in [5.74, 6) is -0.0240. The molecule has 0 saturated carbocycles. The van der Waals surface area contributed by atoms with E-state index in [9.17, 15) is 8.78 Å². The largest absolute Gasteiger partial charge is 0.432 e. The quantitative estimate of drug-likeness (QED) is 0.581. The van der Waals surface area contributed by atoms with Gasteiger partial charge in [-0.25, -0.2) is 0 Å². The summed E-state index contributed by atoms with van der Waals surface area (Å²) in [6.07, 6.45) is 2.17. The molecule has 1 heterocycles. The topological polar surface area (TPSA) is 9.23 Å². The third kappa shape index (κ3) is 1.56. The van der Waals surface area contributed by atoms with E-state index in [0.717, 1.165) is 12.0 Å². The summed E-state index contributed by atoms with van der Waals surface area (Å²) < 4.78 is 31.1. The fourth-order valence-corrected chi connectivity index (χ4v) is 1.84. The lowest BCUT2D eigenvalue weighted by Gasteiger charge is -2.34. The van der Waals surface area contributed by atoms with Crippen molar-refractivity contribution >= 4 is 0 Å². The molecule has 0 aromatic rings. The van der Waals surface area contributed by atoms with Gasteiger partial charge in [0, 0.05) is 0 Å². The van der Waals surface area contributed by atoms with Gasteiger partial charge in [-0.15, -0.1) is 0 Å². The highest BCUT2D eigenvalue weighted by Crippen LogP contribution is 2.43. The lowest BCUT2D eigenvalue weighted by Crippen LogP contribution is -2.35. The van der Waals surface area contributed by atoms with Gasteiger partial charge in [0.25, 0.3) is 0 Å². The molecule has 2 aliphatic rings. The lowest BCUT2D eigenvalue weighted by molar-refractivity contribution is -0.254. The Hall–Kier alpha value is -0.860. The maximum atomic E-state index is 13.2. The van der Waals surface area contributed by atoms with Crippen molar-refractivity contribution in [2.75, 3.05) is 0 Å². The number of rotatable bonds is 0. The molecule has 1 aliphatic heterocycles.